The zero-order valence-corrected chi connectivity index (χ0v) is 11.2. The van der Waals surface area contributed by atoms with E-state index in [1.54, 1.807) is 0 Å². The predicted octanol–water partition coefficient (Wildman–Crippen LogP) is 3.73. The third kappa shape index (κ3) is 4.41. The zero-order valence-electron chi connectivity index (χ0n) is 11.2. The molecule has 0 heterocycles. The molecule has 0 atom stereocenters. The molecule has 15 heavy (non-hydrogen) atoms. The Morgan fingerprint density at radius 1 is 1.00 bits per heavy atom. The Morgan fingerprint density at radius 3 is 1.67 bits per heavy atom. The van der Waals surface area contributed by atoms with Crippen LogP contribution in [0.2, 0.25) is 0 Å². The van der Waals surface area contributed by atoms with Crippen LogP contribution >= 0.6 is 0 Å². The Kier molecular flexibility index (Phi) is 4.44. The van der Waals surface area contributed by atoms with Gasteiger partial charge in [0.15, 0.2) is 0 Å². The summed E-state index contributed by atoms with van der Waals surface area (Å²) in [6.07, 6.45) is 2.05. The van der Waals surface area contributed by atoms with Gasteiger partial charge in [-0.05, 0) is 12.8 Å². The van der Waals surface area contributed by atoms with E-state index >= 15 is 0 Å². The predicted molar refractivity (Wildman–Crippen MR) is 69.9 cm³/mol. The van der Waals surface area contributed by atoms with Crippen LogP contribution in [0.1, 0.15) is 41.5 Å². The fourth-order valence-corrected chi connectivity index (χ4v) is 1.25. The summed E-state index contributed by atoms with van der Waals surface area (Å²) >= 11 is 0. The van der Waals surface area contributed by atoms with Gasteiger partial charge >= 0.3 is 0 Å². The van der Waals surface area contributed by atoms with Crippen molar-refractivity contribution in [3.63, 3.8) is 0 Å². The molecule has 0 aromatic heterocycles. The van der Waals surface area contributed by atoms with Crippen LogP contribution < -0.4 is 0 Å². The molecule has 0 rings (SSSR count). The Labute approximate surface area is 94.2 Å². The van der Waals surface area contributed by atoms with Crippen molar-refractivity contribution in [3.05, 3.63) is 11.8 Å². The van der Waals surface area contributed by atoms with Crippen LogP contribution in [0.3, 0.4) is 0 Å². The monoisotopic (exact) mass is 208 g/mol. The first-order valence-electron chi connectivity index (χ1n) is 5.29. The SMILES string of the molecule is C=N/C(=C\C(=N/C)C(C)(C)C)C(C)(C)C. The van der Waals surface area contributed by atoms with E-state index in [4.69, 9.17) is 0 Å². The normalized spacial score (nSPS) is 15.4. The molecule has 0 saturated carbocycles. The number of hydrogen-bond acceptors (Lipinski definition) is 2. The Bertz CT molecular complexity index is 283. The van der Waals surface area contributed by atoms with Gasteiger partial charge in [0.1, 0.15) is 0 Å². The molecule has 0 saturated heterocycles. The van der Waals surface area contributed by atoms with E-state index in [9.17, 15) is 0 Å². The van der Waals surface area contributed by atoms with E-state index in [0.29, 0.717) is 0 Å². The first kappa shape index (κ1) is 14.1. The minimum absolute atomic E-state index is 0.0168. The quantitative estimate of drug-likeness (QED) is 0.618. The van der Waals surface area contributed by atoms with Crippen molar-refractivity contribution in [2.45, 2.75) is 41.5 Å². The van der Waals surface area contributed by atoms with Gasteiger partial charge in [-0.1, -0.05) is 41.5 Å². The third-order valence-corrected chi connectivity index (χ3v) is 2.22. The molecule has 0 aliphatic carbocycles. The van der Waals surface area contributed by atoms with E-state index in [2.05, 4.69) is 58.2 Å². The standard InChI is InChI=1S/C13H24N2/c1-12(2,3)10(14-7)9-11(15-8)13(4,5)6/h9H,7H2,1-6,8H3/b10-9-,15-11+. The maximum absolute atomic E-state index is 4.31. The minimum Gasteiger partial charge on any atom is -0.292 e. The highest BCUT2D eigenvalue weighted by molar-refractivity contribution is 5.99. The molecule has 0 radical (unpaired) electrons. The molecule has 86 valence electrons. The molecule has 0 bridgehead atoms. The fraction of sp³-hybridized carbons (Fsp3) is 0.692. The summed E-state index contributed by atoms with van der Waals surface area (Å²) in [5, 5.41) is 0. The van der Waals surface area contributed by atoms with E-state index in [-0.39, 0.29) is 10.8 Å². The number of allylic oxidation sites excluding steroid dienone is 2. The summed E-state index contributed by atoms with van der Waals surface area (Å²) in [5.41, 5.74) is 2.11. The number of nitrogens with zero attached hydrogens (tertiary/aromatic N) is 2. The topological polar surface area (TPSA) is 24.7 Å². The summed E-state index contributed by atoms with van der Waals surface area (Å²) in [6.45, 7) is 16.5. The number of aliphatic imine (C=N–C) groups is 2. The van der Waals surface area contributed by atoms with Crippen molar-refractivity contribution in [2.75, 3.05) is 7.05 Å². The summed E-state index contributed by atoms with van der Waals surface area (Å²) in [5.74, 6) is 0. The lowest BCUT2D eigenvalue weighted by Crippen LogP contribution is -2.20. The molecule has 0 spiro atoms. The summed E-state index contributed by atoms with van der Waals surface area (Å²) < 4.78 is 0. The molecule has 2 nitrogen and oxygen atoms in total. The van der Waals surface area contributed by atoms with Gasteiger partial charge in [0, 0.05) is 29.3 Å². The molecule has 0 N–H and O–H groups in total. The second-order valence-corrected chi connectivity index (χ2v) is 5.80. The van der Waals surface area contributed by atoms with Gasteiger partial charge in [-0.2, -0.15) is 0 Å². The smallest absolute Gasteiger partial charge is 0.0467 e. The van der Waals surface area contributed by atoms with Crippen LogP contribution in [0.5, 0.6) is 0 Å². The molecular weight excluding hydrogens is 184 g/mol. The van der Waals surface area contributed by atoms with Gasteiger partial charge in [0.2, 0.25) is 0 Å². The summed E-state index contributed by atoms with van der Waals surface area (Å²) in [6, 6.07) is 0. The molecule has 0 fully saturated rings. The van der Waals surface area contributed by atoms with E-state index < -0.39 is 0 Å². The van der Waals surface area contributed by atoms with Crippen molar-refractivity contribution < 1.29 is 0 Å². The highest BCUT2D eigenvalue weighted by Crippen LogP contribution is 2.28. The third-order valence-electron chi connectivity index (χ3n) is 2.22. The van der Waals surface area contributed by atoms with Gasteiger partial charge in [0.25, 0.3) is 0 Å². The van der Waals surface area contributed by atoms with Crippen molar-refractivity contribution in [2.24, 2.45) is 20.8 Å². The van der Waals surface area contributed by atoms with Gasteiger partial charge < -0.3 is 0 Å². The van der Waals surface area contributed by atoms with Crippen molar-refractivity contribution in [1.82, 2.24) is 0 Å². The average molecular weight is 208 g/mol. The lowest BCUT2D eigenvalue weighted by atomic mass is 9.85. The van der Waals surface area contributed by atoms with Gasteiger partial charge in [-0.25, -0.2) is 0 Å². The van der Waals surface area contributed by atoms with Crippen LogP contribution in [0.4, 0.5) is 0 Å². The summed E-state index contributed by atoms with van der Waals surface area (Å²) in [4.78, 5) is 8.40. The van der Waals surface area contributed by atoms with Crippen molar-refractivity contribution >= 4 is 12.4 Å². The van der Waals surface area contributed by atoms with Crippen LogP contribution in [0.15, 0.2) is 21.8 Å². The lowest BCUT2D eigenvalue weighted by molar-refractivity contribution is 0.498. The average Bonchev–Trinajstić information content (AvgIpc) is 2.01. The van der Waals surface area contributed by atoms with Crippen LogP contribution in [0, 0.1) is 10.8 Å². The zero-order chi connectivity index (χ0) is 12.3. The number of hydrogen-bond donors (Lipinski definition) is 0. The maximum Gasteiger partial charge on any atom is 0.0467 e. The maximum atomic E-state index is 4.31. The van der Waals surface area contributed by atoms with Crippen LogP contribution in [0.25, 0.3) is 0 Å². The van der Waals surface area contributed by atoms with E-state index in [1.807, 2.05) is 13.1 Å². The highest BCUT2D eigenvalue weighted by Gasteiger charge is 2.21. The second-order valence-electron chi connectivity index (χ2n) is 5.80. The molecule has 2 heteroatoms. The Morgan fingerprint density at radius 2 is 1.47 bits per heavy atom. The van der Waals surface area contributed by atoms with Crippen molar-refractivity contribution in [3.8, 4) is 0 Å². The Hall–Kier alpha value is -0.920. The molecule has 0 aliphatic rings. The lowest BCUT2D eigenvalue weighted by Gasteiger charge is -2.23. The fourth-order valence-electron chi connectivity index (χ4n) is 1.25. The second kappa shape index (κ2) is 4.73. The highest BCUT2D eigenvalue weighted by atomic mass is 14.8. The number of rotatable bonds is 2. The van der Waals surface area contributed by atoms with Gasteiger partial charge in [-0.3, -0.25) is 9.98 Å². The largest absolute Gasteiger partial charge is 0.292 e. The van der Waals surface area contributed by atoms with Gasteiger partial charge in [0.05, 0.1) is 0 Å². The van der Waals surface area contributed by atoms with Gasteiger partial charge in [-0.15, -0.1) is 0 Å². The van der Waals surface area contributed by atoms with Crippen LogP contribution in [-0.2, 0) is 0 Å². The first-order valence-corrected chi connectivity index (χ1v) is 5.29. The molecule has 0 aromatic rings. The first-order chi connectivity index (χ1) is 6.62. The van der Waals surface area contributed by atoms with Crippen LogP contribution in [-0.4, -0.2) is 19.5 Å². The molecule has 0 amide bonds. The van der Waals surface area contributed by atoms with E-state index in [1.165, 1.54) is 0 Å². The summed E-state index contributed by atoms with van der Waals surface area (Å²) in [7, 11) is 1.82. The molecule has 0 aliphatic heterocycles. The molecular formula is C13H24N2. The van der Waals surface area contributed by atoms with E-state index in [0.717, 1.165) is 11.4 Å². The minimum atomic E-state index is 0.0168. The molecule has 0 unspecified atom stereocenters. The Balaban J connectivity index is 5.26. The molecule has 0 aromatic carbocycles. The van der Waals surface area contributed by atoms with Crippen molar-refractivity contribution in [1.29, 1.82) is 0 Å².